The lowest BCUT2D eigenvalue weighted by atomic mass is 9.82. The van der Waals surface area contributed by atoms with E-state index in [2.05, 4.69) is 43.2 Å². The summed E-state index contributed by atoms with van der Waals surface area (Å²) in [7, 11) is -3.97. The van der Waals surface area contributed by atoms with Crippen molar-refractivity contribution in [2.24, 2.45) is 11.8 Å². The number of nitrogens with zero attached hydrogens (tertiary/aromatic N) is 1. The molecule has 2 saturated carbocycles. The van der Waals surface area contributed by atoms with Crippen LogP contribution in [0.2, 0.25) is 0 Å². The molecule has 0 bridgehead atoms. The number of aromatic amines is 1. The van der Waals surface area contributed by atoms with Crippen LogP contribution in [0, 0.1) is 19.4 Å². The maximum Gasteiger partial charge on any atom is 0.247 e. The number of nitrogens with one attached hydrogen (secondary N) is 3. The first-order chi connectivity index (χ1) is 21.6. The standard InChI is InChI=1S/C33H48I2N4O6S/c1-32(2,3)46(44,45)20-33(19-25-29(34)38-31(35)37-25,39-26(40)17-14-21-10-6-4-7-11-21)30(43)36-24(18-22-12-8-5-9-13-22)28(42)27(41)23-15-16-23/h4,6-7,10-11,22-24,27-28,41-42H,5,8-9,12-20H2,1-3H3,(H,36,43)(H,37,38)(H,39,40)/t24-,27-,28+,33?/m0/s1. The van der Waals surface area contributed by atoms with Crippen LogP contribution in [0.25, 0.3) is 0 Å². The van der Waals surface area contributed by atoms with E-state index in [0.29, 0.717) is 26.1 Å². The van der Waals surface area contributed by atoms with E-state index in [1.165, 1.54) is 0 Å². The molecule has 0 radical (unpaired) electrons. The molecule has 2 aromatic rings. The van der Waals surface area contributed by atoms with Crippen LogP contribution in [0.15, 0.2) is 30.3 Å². The fraction of sp³-hybridized carbons (Fsp3) is 0.667. The number of carbonyl (C=O) groups excluding carboxylic acids is 2. The van der Waals surface area contributed by atoms with Crippen molar-refractivity contribution >= 4 is 66.8 Å². The first-order valence-corrected chi connectivity index (χ1v) is 20.1. The zero-order valence-corrected chi connectivity index (χ0v) is 32.0. The Bertz CT molecular complexity index is 1440. The number of halogens is 2. The highest BCUT2D eigenvalue weighted by Gasteiger charge is 2.49. The van der Waals surface area contributed by atoms with E-state index < -0.39 is 55.9 Å². The van der Waals surface area contributed by atoms with Crippen LogP contribution in [0.1, 0.15) is 89.8 Å². The van der Waals surface area contributed by atoms with Crippen LogP contribution in [-0.2, 0) is 32.3 Å². The molecule has 0 saturated heterocycles. The van der Waals surface area contributed by atoms with Gasteiger partial charge in [-0.2, -0.15) is 0 Å². The number of rotatable bonds is 15. The molecule has 0 spiro atoms. The van der Waals surface area contributed by atoms with Gasteiger partial charge in [-0.25, -0.2) is 13.4 Å². The molecule has 2 aliphatic carbocycles. The predicted molar refractivity (Wildman–Crippen MR) is 195 cm³/mol. The van der Waals surface area contributed by atoms with Gasteiger partial charge < -0.3 is 25.8 Å². The molecule has 2 aliphatic rings. The molecule has 46 heavy (non-hydrogen) atoms. The zero-order valence-electron chi connectivity index (χ0n) is 26.9. The summed E-state index contributed by atoms with van der Waals surface area (Å²) in [5.74, 6) is -1.61. The van der Waals surface area contributed by atoms with Gasteiger partial charge in [-0.15, -0.1) is 0 Å². The SMILES string of the molecule is CC(C)(C)S(=O)(=O)CC(Cc1nc(I)[nH]c1I)(NC(=O)CCc1ccccc1)C(=O)N[C@@H](CC1CCCCC1)[C@@H](O)[C@@H](O)C1CC1. The lowest BCUT2D eigenvalue weighted by Crippen LogP contribution is -2.67. The average Bonchev–Trinajstić information content (AvgIpc) is 3.79. The summed E-state index contributed by atoms with van der Waals surface area (Å²) >= 11 is 4.08. The van der Waals surface area contributed by atoms with Gasteiger partial charge in [-0.1, -0.05) is 62.4 Å². The van der Waals surface area contributed by atoms with Crippen LogP contribution in [-0.4, -0.2) is 74.7 Å². The number of amides is 2. The second kappa shape index (κ2) is 15.9. The lowest BCUT2D eigenvalue weighted by Gasteiger charge is -2.38. The van der Waals surface area contributed by atoms with Gasteiger partial charge in [-0.05, 0) is 109 Å². The molecule has 13 heteroatoms. The van der Waals surface area contributed by atoms with Gasteiger partial charge in [0.1, 0.15) is 15.3 Å². The third kappa shape index (κ3) is 10.1. The van der Waals surface area contributed by atoms with E-state index in [4.69, 9.17) is 0 Å². The Morgan fingerprint density at radius 1 is 1.04 bits per heavy atom. The number of carbonyl (C=O) groups is 2. The van der Waals surface area contributed by atoms with Crippen LogP contribution < -0.4 is 10.6 Å². The molecule has 1 heterocycles. The Labute approximate surface area is 300 Å². The van der Waals surface area contributed by atoms with Gasteiger partial charge in [0.15, 0.2) is 13.7 Å². The fourth-order valence-corrected chi connectivity index (χ4v) is 9.23. The van der Waals surface area contributed by atoms with Crippen molar-refractivity contribution in [2.75, 3.05) is 5.75 Å². The Morgan fingerprint density at radius 3 is 2.26 bits per heavy atom. The summed E-state index contributed by atoms with van der Waals surface area (Å²) in [6.07, 6.45) is 5.30. The Hall–Kier alpha value is -1.30. The molecule has 10 nitrogen and oxygen atoms in total. The van der Waals surface area contributed by atoms with E-state index >= 15 is 0 Å². The van der Waals surface area contributed by atoms with Crippen molar-refractivity contribution in [3.05, 3.63) is 49.1 Å². The highest BCUT2D eigenvalue weighted by Crippen LogP contribution is 2.36. The second-order valence-electron chi connectivity index (χ2n) is 14.1. The van der Waals surface area contributed by atoms with E-state index in [-0.39, 0.29) is 24.7 Å². The molecule has 1 unspecified atom stereocenters. The largest absolute Gasteiger partial charge is 0.390 e. The number of H-pyrrole nitrogens is 1. The van der Waals surface area contributed by atoms with Crippen molar-refractivity contribution in [3.8, 4) is 0 Å². The van der Waals surface area contributed by atoms with Crippen LogP contribution >= 0.6 is 45.2 Å². The summed E-state index contributed by atoms with van der Waals surface area (Å²) in [6, 6.07) is 8.66. The maximum absolute atomic E-state index is 14.7. The molecule has 4 rings (SSSR count). The van der Waals surface area contributed by atoms with Gasteiger partial charge in [0.25, 0.3) is 0 Å². The number of imidazole rings is 1. The highest BCUT2D eigenvalue weighted by atomic mass is 127. The summed E-state index contributed by atoms with van der Waals surface area (Å²) in [5, 5.41) is 28.3. The molecule has 1 aromatic heterocycles. The molecule has 4 atom stereocenters. The Kier molecular flexibility index (Phi) is 13.0. The van der Waals surface area contributed by atoms with Crippen LogP contribution in [0.4, 0.5) is 0 Å². The number of hydrogen-bond donors (Lipinski definition) is 5. The molecule has 1 aromatic carbocycles. The van der Waals surface area contributed by atoms with Crippen LogP contribution in [0.5, 0.6) is 0 Å². The second-order valence-corrected chi connectivity index (χ2v) is 18.9. The first kappa shape index (κ1) is 37.5. The first-order valence-electron chi connectivity index (χ1n) is 16.2. The predicted octanol–water partition coefficient (Wildman–Crippen LogP) is 4.45. The average molecular weight is 883 g/mol. The minimum absolute atomic E-state index is 0.0304. The highest BCUT2D eigenvalue weighted by molar-refractivity contribution is 14.1. The van der Waals surface area contributed by atoms with Crippen molar-refractivity contribution in [3.63, 3.8) is 0 Å². The molecule has 2 fully saturated rings. The van der Waals surface area contributed by atoms with Gasteiger partial charge in [0, 0.05) is 12.8 Å². The minimum atomic E-state index is -3.97. The number of sulfone groups is 1. The zero-order chi connectivity index (χ0) is 33.7. The monoisotopic (exact) mass is 882 g/mol. The quantitative estimate of drug-likeness (QED) is 0.165. The minimum Gasteiger partial charge on any atom is -0.390 e. The van der Waals surface area contributed by atoms with Gasteiger partial charge in [0.2, 0.25) is 11.8 Å². The fourth-order valence-electron chi connectivity index (χ4n) is 6.19. The Morgan fingerprint density at radius 2 is 1.70 bits per heavy atom. The van der Waals surface area contributed by atoms with Gasteiger partial charge >= 0.3 is 0 Å². The number of aromatic nitrogens is 2. The van der Waals surface area contributed by atoms with Crippen molar-refractivity contribution in [2.45, 2.75) is 120 Å². The molecule has 5 N–H and O–H groups in total. The third-order valence-electron chi connectivity index (χ3n) is 9.33. The number of hydrogen-bond acceptors (Lipinski definition) is 7. The van der Waals surface area contributed by atoms with Crippen molar-refractivity contribution < 1.29 is 28.2 Å². The number of aliphatic hydroxyl groups is 2. The summed E-state index contributed by atoms with van der Waals surface area (Å²) in [4.78, 5) is 36.1. The molecule has 2 amide bonds. The van der Waals surface area contributed by atoms with E-state index in [9.17, 15) is 28.2 Å². The van der Waals surface area contributed by atoms with Crippen LogP contribution in [0.3, 0.4) is 0 Å². The Balaban J connectivity index is 1.73. The topological polar surface area (TPSA) is 161 Å². The molecular weight excluding hydrogens is 834 g/mol. The number of aliphatic hydroxyl groups excluding tert-OH is 2. The maximum atomic E-state index is 14.7. The summed E-state index contributed by atoms with van der Waals surface area (Å²) in [5.41, 5.74) is -0.543. The van der Waals surface area contributed by atoms with Crippen molar-refractivity contribution in [1.29, 1.82) is 0 Å². The smallest absolute Gasteiger partial charge is 0.247 e. The van der Waals surface area contributed by atoms with E-state index in [0.717, 1.165) is 50.5 Å². The molecule has 256 valence electrons. The molecule has 0 aliphatic heterocycles. The third-order valence-corrected chi connectivity index (χ3v) is 13.5. The number of aryl methyl sites for hydroxylation is 1. The van der Waals surface area contributed by atoms with E-state index in [1.54, 1.807) is 20.8 Å². The van der Waals surface area contributed by atoms with Gasteiger partial charge in [-0.3, -0.25) is 9.59 Å². The van der Waals surface area contributed by atoms with Crippen molar-refractivity contribution in [1.82, 2.24) is 20.6 Å². The lowest BCUT2D eigenvalue weighted by molar-refractivity contribution is -0.134. The van der Waals surface area contributed by atoms with E-state index in [1.807, 2.05) is 52.9 Å². The number of benzene rings is 1. The molecular formula is C33H48I2N4O6S. The normalized spacial score (nSPS) is 19.5. The summed E-state index contributed by atoms with van der Waals surface area (Å²) in [6.45, 7) is 4.72. The summed E-state index contributed by atoms with van der Waals surface area (Å²) < 4.78 is 27.8. The van der Waals surface area contributed by atoms with Gasteiger partial charge in [0.05, 0.1) is 28.3 Å².